The summed E-state index contributed by atoms with van der Waals surface area (Å²) in [7, 11) is 0. The summed E-state index contributed by atoms with van der Waals surface area (Å²) >= 11 is 6.51. The summed E-state index contributed by atoms with van der Waals surface area (Å²) in [6.45, 7) is -0.114. The quantitative estimate of drug-likeness (QED) is 0.444. The van der Waals surface area contributed by atoms with Crippen molar-refractivity contribution < 1.29 is 9.59 Å². The molecule has 0 bridgehead atoms. The highest BCUT2D eigenvalue weighted by molar-refractivity contribution is 8.26. The van der Waals surface area contributed by atoms with E-state index < -0.39 is 0 Å². The van der Waals surface area contributed by atoms with Gasteiger partial charge >= 0.3 is 0 Å². The van der Waals surface area contributed by atoms with E-state index in [1.54, 1.807) is 6.08 Å². The number of benzene rings is 3. The summed E-state index contributed by atoms with van der Waals surface area (Å²) in [6.07, 6.45) is 5.46. The Labute approximate surface area is 184 Å². The van der Waals surface area contributed by atoms with Crippen LogP contribution in [-0.2, 0) is 9.59 Å². The van der Waals surface area contributed by atoms with Gasteiger partial charge in [-0.15, -0.1) is 0 Å². The van der Waals surface area contributed by atoms with Gasteiger partial charge in [-0.25, -0.2) is 0 Å². The van der Waals surface area contributed by atoms with Crippen molar-refractivity contribution in [2.24, 2.45) is 0 Å². The molecule has 0 atom stereocenters. The van der Waals surface area contributed by atoms with Gasteiger partial charge in [0.15, 0.2) is 0 Å². The van der Waals surface area contributed by atoms with Gasteiger partial charge in [0.05, 0.1) is 4.91 Å². The fraction of sp³-hybridized carbons (Fsp3) is 0.0417. The zero-order chi connectivity index (χ0) is 20.9. The Morgan fingerprint density at radius 2 is 1.73 bits per heavy atom. The fourth-order valence-electron chi connectivity index (χ4n) is 3.07. The van der Waals surface area contributed by atoms with Crippen molar-refractivity contribution in [3.05, 3.63) is 95.4 Å². The fourth-order valence-corrected chi connectivity index (χ4v) is 4.28. The molecule has 2 amide bonds. The van der Waals surface area contributed by atoms with Crippen molar-refractivity contribution in [1.29, 1.82) is 0 Å². The van der Waals surface area contributed by atoms with Crippen LogP contribution in [0.4, 0.5) is 5.69 Å². The number of allylic oxidation sites excluding steroid dienone is 2. The van der Waals surface area contributed by atoms with Gasteiger partial charge in [-0.2, -0.15) is 0 Å². The molecule has 1 fully saturated rings. The lowest BCUT2D eigenvalue weighted by molar-refractivity contribution is -0.126. The third-order valence-corrected chi connectivity index (χ3v) is 5.94. The van der Waals surface area contributed by atoms with Crippen molar-refractivity contribution in [2.45, 2.75) is 0 Å². The van der Waals surface area contributed by atoms with E-state index in [0.717, 1.165) is 16.3 Å². The van der Waals surface area contributed by atoms with Gasteiger partial charge in [0, 0.05) is 5.69 Å². The average molecular weight is 431 g/mol. The molecule has 0 radical (unpaired) electrons. The number of nitrogens with one attached hydrogen (secondary N) is 1. The third kappa shape index (κ3) is 4.67. The monoisotopic (exact) mass is 430 g/mol. The summed E-state index contributed by atoms with van der Waals surface area (Å²) in [5.74, 6) is -0.543. The molecule has 148 valence electrons. The number of anilines is 1. The lowest BCUT2D eigenvalue weighted by atomic mass is 10.1. The van der Waals surface area contributed by atoms with Crippen LogP contribution in [0.3, 0.4) is 0 Å². The standard InChI is InChI=1S/C24H18N2O2S2/c27-22(25-20-14-13-18-10-4-5-11-19(18)15-20)16-26-23(28)21(30-24(26)29)12-6-9-17-7-2-1-3-8-17/h1-15H,16H2,(H,25,27). The molecule has 1 saturated heterocycles. The lowest BCUT2D eigenvalue weighted by Gasteiger charge is -2.14. The minimum absolute atomic E-state index is 0.114. The number of thioether (sulfide) groups is 1. The first-order valence-corrected chi connectivity index (χ1v) is 10.6. The molecular formula is C24H18N2O2S2. The Hall–Kier alpha value is -3.22. The molecular weight excluding hydrogens is 412 g/mol. The van der Waals surface area contributed by atoms with E-state index in [2.05, 4.69) is 5.32 Å². The first-order valence-electron chi connectivity index (χ1n) is 9.36. The molecule has 6 heteroatoms. The van der Waals surface area contributed by atoms with E-state index in [-0.39, 0.29) is 18.4 Å². The predicted octanol–water partition coefficient (Wildman–Crippen LogP) is 5.24. The number of hydrogen-bond donors (Lipinski definition) is 1. The molecule has 3 aromatic rings. The van der Waals surface area contributed by atoms with Gasteiger partial charge in [0.2, 0.25) is 5.91 Å². The van der Waals surface area contributed by atoms with Crippen LogP contribution < -0.4 is 5.32 Å². The molecule has 0 saturated carbocycles. The largest absolute Gasteiger partial charge is 0.325 e. The van der Waals surface area contributed by atoms with Gasteiger partial charge in [-0.3, -0.25) is 14.5 Å². The maximum Gasteiger partial charge on any atom is 0.266 e. The van der Waals surface area contributed by atoms with Gasteiger partial charge in [-0.05, 0) is 34.5 Å². The number of fused-ring (bicyclic) bond motifs is 1. The summed E-state index contributed by atoms with van der Waals surface area (Å²) in [5, 5.41) is 4.98. The van der Waals surface area contributed by atoms with E-state index in [1.807, 2.05) is 84.9 Å². The van der Waals surface area contributed by atoms with E-state index in [4.69, 9.17) is 12.2 Å². The minimum Gasteiger partial charge on any atom is -0.325 e. The third-order valence-electron chi connectivity index (χ3n) is 4.54. The second-order valence-corrected chi connectivity index (χ2v) is 8.35. The maximum absolute atomic E-state index is 12.7. The Kier molecular flexibility index (Phi) is 6.07. The maximum atomic E-state index is 12.7. The van der Waals surface area contributed by atoms with Crippen LogP contribution in [-0.4, -0.2) is 27.6 Å². The molecule has 30 heavy (non-hydrogen) atoms. The van der Waals surface area contributed by atoms with Gasteiger partial charge in [0.25, 0.3) is 5.91 Å². The molecule has 0 aromatic heterocycles. The van der Waals surface area contributed by atoms with Crippen LogP contribution in [0.5, 0.6) is 0 Å². The number of amides is 2. The molecule has 0 unspecified atom stereocenters. The zero-order valence-corrected chi connectivity index (χ0v) is 17.6. The van der Waals surface area contributed by atoms with E-state index in [0.29, 0.717) is 14.9 Å². The van der Waals surface area contributed by atoms with Crippen molar-refractivity contribution in [2.75, 3.05) is 11.9 Å². The molecule has 1 aliphatic rings. The molecule has 3 aromatic carbocycles. The highest BCUT2D eigenvalue weighted by Crippen LogP contribution is 2.31. The number of carbonyl (C=O) groups excluding carboxylic acids is 2. The smallest absolute Gasteiger partial charge is 0.266 e. The highest BCUT2D eigenvalue weighted by atomic mass is 32.2. The van der Waals surface area contributed by atoms with Crippen molar-refractivity contribution in [3.63, 3.8) is 0 Å². The Balaban J connectivity index is 1.40. The Morgan fingerprint density at radius 3 is 2.53 bits per heavy atom. The van der Waals surface area contributed by atoms with Crippen molar-refractivity contribution in [1.82, 2.24) is 4.90 Å². The van der Waals surface area contributed by atoms with E-state index in [9.17, 15) is 9.59 Å². The molecule has 0 spiro atoms. The van der Waals surface area contributed by atoms with Gasteiger partial charge in [0.1, 0.15) is 10.9 Å². The summed E-state index contributed by atoms with van der Waals surface area (Å²) in [6, 6.07) is 23.4. The van der Waals surface area contributed by atoms with Crippen LogP contribution in [0.15, 0.2) is 89.9 Å². The number of nitrogens with zero attached hydrogens (tertiary/aromatic N) is 1. The topological polar surface area (TPSA) is 49.4 Å². The minimum atomic E-state index is -0.289. The molecule has 0 aliphatic carbocycles. The Morgan fingerprint density at radius 1 is 1.00 bits per heavy atom. The summed E-state index contributed by atoms with van der Waals surface area (Å²) in [5.41, 5.74) is 1.73. The molecule has 1 aliphatic heterocycles. The van der Waals surface area contributed by atoms with E-state index >= 15 is 0 Å². The number of hydrogen-bond acceptors (Lipinski definition) is 4. The number of carbonyl (C=O) groups is 2. The molecule has 4 rings (SSSR count). The molecule has 1 N–H and O–H groups in total. The van der Waals surface area contributed by atoms with Crippen molar-refractivity contribution >= 4 is 62.7 Å². The second kappa shape index (κ2) is 9.07. The van der Waals surface area contributed by atoms with Crippen LogP contribution in [0.1, 0.15) is 5.56 Å². The van der Waals surface area contributed by atoms with Crippen LogP contribution in [0, 0.1) is 0 Å². The number of rotatable bonds is 5. The van der Waals surface area contributed by atoms with Crippen molar-refractivity contribution in [3.8, 4) is 0 Å². The zero-order valence-electron chi connectivity index (χ0n) is 15.9. The van der Waals surface area contributed by atoms with Crippen LogP contribution in [0.2, 0.25) is 0 Å². The number of thiocarbonyl (C=S) groups is 1. The predicted molar refractivity (Wildman–Crippen MR) is 128 cm³/mol. The van der Waals surface area contributed by atoms with Crippen LogP contribution in [0.25, 0.3) is 16.8 Å². The Bertz CT molecular complexity index is 1190. The van der Waals surface area contributed by atoms with Crippen LogP contribution >= 0.6 is 24.0 Å². The first kappa shape index (κ1) is 20.1. The van der Waals surface area contributed by atoms with Gasteiger partial charge < -0.3 is 5.32 Å². The lowest BCUT2D eigenvalue weighted by Crippen LogP contribution is -2.36. The van der Waals surface area contributed by atoms with Gasteiger partial charge in [-0.1, -0.05) is 96.8 Å². The highest BCUT2D eigenvalue weighted by Gasteiger charge is 2.33. The first-order chi connectivity index (χ1) is 14.6. The molecule has 1 heterocycles. The molecule has 4 nitrogen and oxygen atoms in total. The van der Waals surface area contributed by atoms with E-state index in [1.165, 1.54) is 16.7 Å². The summed E-state index contributed by atoms with van der Waals surface area (Å²) < 4.78 is 0.382. The average Bonchev–Trinajstić information content (AvgIpc) is 3.02. The second-order valence-electron chi connectivity index (χ2n) is 6.67. The normalized spacial score (nSPS) is 15.5. The SMILES string of the molecule is O=C(CN1C(=O)C(=CC=Cc2ccccc2)SC1=S)Nc1ccc2ccccc2c1. The summed E-state index contributed by atoms with van der Waals surface area (Å²) in [4.78, 5) is 27.0.